The van der Waals surface area contributed by atoms with Crippen molar-refractivity contribution >= 4 is 10.9 Å². The van der Waals surface area contributed by atoms with Crippen molar-refractivity contribution in [2.24, 2.45) is 0 Å². The SMILES string of the molecule is CNC(c1ccc2nc(C)ccc2c1)C(C)OC. The molecular weight excluding hydrogens is 224 g/mol. The summed E-state index contributed by atoms with van der Waals surface area (Å²) in [5.41, 5.74) is 3.31. The Morgan fingerprint density at radius 3 is 2.67 bits per heavy atom. The number of nitrogens with zero attached hydrogens (tertiary/aromatic N) is 1. The molecule has 1 aromatic heterocycles. The lowest BCUT2D eigenvalue weighted by molar-refractivity contribution is 0.0857. The minimum absolute atomic E-state index is 0.130. The van der Waals surface area contributed by atoms with Crippen molar-refractivity contribution in [3.63, 3.8) is 0 Å². The third kappa shape index (κ3) is 2.52. The number of ether oxygens (including phenoxy) is 1. The molecule has 0 radical (unpaired) electrons. The van der Waals surface area contributed by atoms with E-state index in [1.807, 2.05) is 20.0 Å². The van der Waals surface area contributed by atoms with Crippen LogP contribution in [0, 0.1) is 6.92 Å². The third-order valence-electron chi connectivity index (χ3n) is 3.36. The molecular formula is C15H20N2O. The molecule has 0 aliphatic rings. The number of nitrogens with one attached hydrogen (secondary N) is 1. The first-order valence-electron chi connectivity index (χ1n) is 6.23. The molecule has 2 atom stereocenters. The summed E-state index contributed by atoms with van der Waals surface area (Å²) in [6.07, 6.45) is 0.130. The van der Waals surface area contributed by atoms with Crippen LogP contribution in [0.15, 0.2) is 30.3 Å². The number of pyridine rings is 1. The van der Waals surface area contributed by atoms with E-state index in [0.29, 0.717) is 0 Å². The van der Waals surface area contributed by atoms with Crippen LogP contribution >= 0.6 is 0 Å². The van der Waals surface area contributed by atoms with Gasteiger partial charge in [0.1, 0.15) is 0 Å². The molecule has 1 heterocycles. The van der Waals surface area contributed by atoms with Crippen LogP contribution in [0.2, 0.25) is 0 Å². The molecule has 0 fully saturated rings. The average Bonchev–Trinajstić information content (AvgIpc) is 2.39. The molecule has 1 N–H and O–H groups in total. The van der Waals surface area contributed by atoms with Gasteiger partial charge in [0, 0.05) is 18.2 Å². The zero-order chi connectivity index (χ0) is 13.1. The first-order valence-corrected chi connectivity index (χ1v) is 6.23. The normalized spacial score (nSPS) is 14.7. The number of aryl methyl sites for hydroxylation is 1. The van der Waals surface area contributed by atoms with Gasteiger partial charge in [0.15, 0.2) is 0 Å². The average molecular weight is 244 g/mol. The van der Waals surface area contributed by atoms with Gasteiger partial charge in [-0.05, 0) is 44.7 Å². The Bertz CT molecular complexity index is 539. The molecule has 0 amide bonds. The minimum Gasteiger partial charge on any atom is -0.380 e. The van der Waals surface area contributed by atoms with Gasteiger partial charge < -0.3 is 10.1 Å². The molecule has 0 aliphatic carbocycles. The van der Waals surface area contributed by atoms with Crippen LogP contribution < -0.4 is 5.32 Å². The molecule has 0 aliphatic heterocycles. The molecule has 0 saturated carbocycles. The summed E-state index contributed by atoms with van der Waals surface area (Å²) in [7, 11) is 3.69. The Morgan fingerprint density at radius 1 is 1.22 bits per heavy atom. The zero-order valence-electron chi connectivity index (χ0n) is 11.4. The van der Waals surface area contributed by atoms with Gasteiger partial charge in [-0.25, -0.2) is 0 Å². The van der Waals surface area contributed by atoms with Crippen LogP contribution in [0.3, 0.4) is 0 Å². The molecule has 0 bridgehead atoms. The van der Waals surface area contributed by atoms with Gasteiger partial charge in [-0.1, -0.05) is 12.1 Å². The molecule has 2 unspecified atom stereocenters. The highest BCUT2D eigenvalue weighted by molar-refractivity contribution is 5.79. The number of rotatable bonds is 4. The number of benzene rings is 1. The monoisotopic (exact) mass is 244 g/mol. The fourth-order valence-electron chi connectivity index (χ4n) is 2.25. The first-order chi connectivity index (χ1) is 8.65. The van der Waals surface area contributed by atoms with Crippen molar-refractivity contribution in [3.8, 4) is 0 Å². The lowest BCUT2D eigenvalue weighted by atomic mass is 10.0. The fraction of sp³-hybridized carbons (Fsp3) is 0.400. The van der Waals surface area contributed by atoms with E-state index in [9.17, 15) is 0 Å². The van der Waals surface area contributed by atoms with E-state index in [4.69, 9.17) is 4.74 Å². The van der Waals surface area contributed by atoms with Crippen LogP contribution in [0.25, 0.3) is 10.9 Å². The standard InChI is InChI=1S/C15H20N2O/c1-10-5-6-12-9-13(7-8-14(12)17-10)15(16-3)11(2)18-4/h5-9,11,15-16H,1-4H3. The van der Waals surface area contributed by atoms with Crippen LogP contribution in [0.5, 0.6) is 0 Å². The highest BCUT2D eigenvalue weighted by Crippen LogP contribution is 2.22. The summed E-state index contributed by atoms with van der Waals surface area (Å²) in [5, 5.41) is 4.47. The number of likely N-dealkylation sites (N-methyl/N-ethyl adjacent to an activating group) is 1. The topological polar surface area (TPSA) is 34.2 Å². The summed E-state index contributed by atoms with van der Waals surface area (Å²) >= 11 is 0. The van der Waals surface area contributed by atoms with Gasteiger partial charge in [0.05, 0.1) is 17.7 Å². The molecule has 1 aromatic carbocycles. The molecule has 0 saturated heterocycles. The maximum Gasteiger partial charge on any atom is 0.0737 e. The fourth-order valence-corrected chi connectivity index (χ4v) is 2.25. The molecule has 2 rings (SSSR count). The van der Waals surface area contributed by atoms with Crippen LogP contribution in [-0.2, 0) is 4.74 Å². The molecule has 18 heavy (non-hydrogen) atoms. The van der Waals surface area contributed by atoms with Crippen molar-refractivity contribution in [2.75, 3.05) is 14.2 Å². The van der Waals surface area contributed by atoms with Gasteiger partial charge in [-0.15, -0.1) is 0 Å². The molecule has 0 spiro atoms. The molecule has 3 nitrogen and oxygen atoms in total. The maximum absolute atomic E-state index is 5.41. The van der Waals surface area contributed by atoms with Crippen molar-refractivity contribution in [3.05, 3.63) is 41.6 Å². The second-order valence-corrected chi connectivity index (χ2v) is 4.61. The van der Waals surface area contributed by atoms with Crippen molar-refractivity contribution in [1.29, 1.82) is 0 Å². The van der Waals surface area contributed by atoms with Crippen LogP contribution in [0.1, 0.15) is 24.2 Å². The van der Waals surface area contributed by atoms with Crippen LogP contribution in [0.4, 0.5) is 0 Å². The Balaban J connectivity index is 2.42. The Kier molecular flexibility index (Phi) is 3.94. The number of aromatic nitrogens is 1. The summed E-state index contributed by atoms with van der Waals surface area (Å²) < 4.78 is 5.41. The number of hydrogen-bond acceptors (Lipinski definition) is 3. The molecule has 3 heteroatoms. The lowest BCUT2D eigenvalue weighted by Crippen LogP contribution is -2.28. The summed E-state index contributed by atoms with van der Waals surface area (Å²) in [4.78, 5) is 4.52. The maximum atomic E-state index is 5.41. The van der Waals surface area contributed by atoms with E-state index in [0.717, 1.165) is 11.2 Å². The second-order valence-electron chi connectivity index (χ2n) is 4.61. The lowest BCUT2D eigenvalue weighted by Gasteiger charge is -2.23. The zero-order valence-corrected chi connectivity index (χ0v) is 11.4. The number of hydrogen-bond donors (Lipinski definition) is 1. The van der Waals surface area contributed by atoms with Gasteiger partial charge in [-0.3, -0.25) is 4.98 Å². The Hall–Kier alpha value is -1.45. The quantitative estimate of drug-likeness (QED) is 0.898. The predicted molar refractivity (Wildman–Crippen MR) is 74.8 cm³/mol. The van der Waals surface area contributed by atoms with Crippen molar-refractivity contribution in [2.45, 2.75) is 26.0 Å². The number of fused-ring (bicyclic) bond motifs is 1. The Morgan fingerprint density at radius 2 is 2.00 bits per heavy atom. The predicted octanol–water partition coefficient (Wildman–Crippen LogP) is 2.84. The van der Waals surface area contributed by atoms with Crippen molar-refractivity contribution in [1.82, 2.24) is 10.3 Å². The van der Waals surface area contributed by atoms with E-state index >= 15 is 0 Å². The van der Waals surface area contributed by atoms with E-state index < -0.39 is 0 Å². The summed E-state index contributed by atoms with van der Waals surface area (Å²) in [5.74, 6) is 0. The van der Waals surface area contributed by atoms with Gasteiger partial charge in [0.25, 0.3) is 0 Å². The van der Waals surface area contributed by atoms with E-state index in [1.54, 1.807) is 7.11 Å². The van der Waals surface area contributed by atoms with Gasteiger partial charge in [0.2, 0.25) is 0 Å². The minimum atomic E-state index is 0.130. The van der Waals surface area contributed by atoms with Gasteiger partial charge >= 0.3 is 0 Å². The smallest absolute Gasteiger partial charge is 0.0737 e. The summed E-state index contributed by atoms with van der Waals surface area (Å²) in [6, 6.07) is 10.7. The number of methoxy groups -OCH3 is 1. The highest BCUT2D eigenvalue weighted by atomic mass is 16.5. The molecule has 2 aromatic rings. The van der Waals surface area contributed by atoms with Crippen LogP contribution in [-0.4, -0.2) is 25.2 Å². The van der Waals surface area contributed by atoms with Gasteiger partial charge in [-0.2, -0.15) is 0 Å². The first kappa shape index (κ1) is 13.0. The Labute approximate surface area is 108 Å². The van der Waals surface area contributed by atoms with E-state index in [-0.39, 0.29) is 12.1 Å². The highest BCUT2D eigenvalue weighted by Gasteiger charge is 2.17. The van der Waals surface area contributed by atoms with E-state index in [2.05, 4.69) is 41.5 Å². The summed E-state index contributed by atoms with van der Waals surface area (Å²) in [6.45, 7) is 4.08. The molecule has 96 valence electrons. The second kappa shape index (κ2) is 5.46. The van der Waals surface area contributed by atoms with Crippen molar-refractivity contribution < 1.29 is 4.74 Å². The largest absolute Gasteiger partial charge is 0.380 e. The third-order valence-corrected chi connectivity index (χ3v) is 3.36. The van der Waals surface area contributed by atoms with E-state index in [1.165, 1.54) is 10.9 Å².